The highest BCUT2D eigenvalue weighted by Gasteiger charge is 2.17. The molecule has 19 heavy (non-hydrogen) atoms. The Morgan fingerprint density at radius 1 is 1.32 bits per heavy atom. The predicted octanol–water partition coefficient (Wildman–Crippen LogP) is 2.95. The number of halogens is 1. The third-order valence-corrected chi connectivity index (χ3v) is 3.77. The van der Waals surface area contributed by atoms with Crippen LogP contribution in [0.4, 0.5) is 0 Å². The average Bonchev–Trinajstić information content (AvgIpc) is 2.86. The lowest BCUT2D eigenvalue weighted by Gasteiger charge is -2.18. The SMILES string of the molecule is CCNC(Cc1nccn1CC)c1ncccc1Br. The van der Waals surface area contributed by atoms with E-state index in [-0.39, 0.29) is 6.04 Å². The molecule has 2 aromatic heterocycles. The molecule has 0 aliphatic rings. The molecule has 0 aliphatic carbocycles. The standard InChI is InChI=1S/C14H19BrN4/c1-3-16-12(14-11(15)6-5-7-18-14)10-13-17-8-9-19(13)4-2/h5-9,12,16H,3-4,10H2,1-2H3. The number of likely N-dealkylation sites (N-methyl/N-ethyl adjacent to an activating group) is 1. The van der Waals surface area contributed by atoms with Crippen LogP contribution in [0, 0.1) is 0 Å². The van der Waals surface area contributed by atoms with E-state index in [4.69, 9.17) is 0 Å². The summed E-state index contributed by atoms with van der Waals surface area (Å²) in [5.41, 5.74) is 1.04. The van der Waals surface area contributed by atoms with Gasteiger partial charge in [-0.15, -0.1) is 0 Å². The van der Waals surface area contributed by atoms with E-state index in [1.54, 1.807) is 0 Å². The van der Waals surface area contributed by atoms with Crippen molar-refractivity contribution < 1.29 is 0 Å². The molecule has 2 rings (SSSR count). The van der Waals surface area contributed by atoms with Gasteiger partial charge in [0, 0.05) is 36.0 Å². The van der Waals surface area contributed by atoms with Crippen molar-refractivity contribution in [3.05, 3.63) is 46.7 Å². The van der Waals surface area contributed by atoms with Crippen LogP contribution in [0.15, 0.2) is 35.2 Å². The summed E-state index contributed by atoms with van der Waals surface area (Å²) in [7, 11) is 0. The lowest BCUT2D eigenvalue weighted by Crippen LogP contribution is -2.25. The van der Waals surface area contributed by atoms with E-state index in [1.807, 2.05) is 30.7 Å². The van der Waals surface area contributed by atoms with Crippen molar-refractivity contribution in [3.63, 3.8) is 0 Å². The van der Waals surface area contributed by atoms with Gasteiger partial charge in [0.2, 0.25) is 0 Å². The number of rotatable bonds is 6. The van der Waals surface area contributed by atoms with Gasteiger partial charge in [0.05, 0.1) is 11.7 Å². The van der Waals surface area contributed by atoms with Crippen molar-refractivity contribution >= 4 is 15.9 Å². The van der Waals surface area contributed by atoms with E-state index >= 15 is 0 Å². The first-order valence-corrected chi connectivity index (χ1v) is 7.39. The second kappa shape index (κ2) is 6.82. The van der Waals surface area contributed by atoms with Crippen molar-refractivity contribution in [1.29, 1.82) is 0 Å². The van der Waals surface area contributed by atoms with Gasteiger partial charge in [0.1, 0.15) is 5.82 Å². The average molecular weight is 323 g/mol. The second-order valence-electron chi connectivity index (χ2n) is 4.31. The van der Waals surface area contributed by atoms with Gasteiger partial charge >= 0.3 is 0 Å². The van der Waals surface area contributed by atoms with Crippen LogP contribution >= 0.6 is 15.9 Å². The van der Waals surface area contributed by atoms with E-state index in [9.17, 15) is 0 Å². The largest absolute Gasteiger partial charge is 0.335 e. The molecule has 4 nitrogen and oxygen atoms in total. The lowest BCUT2D eigenvalue weighted by molar-refractivity contribution is 0.509. The fourth-order valence-electron chi connectivity index (χ4n) is 2.17. The van der Waals surface area contributed by atoms with Crippen LogP contribution in [0.3, 0.4) is 0 Å². The Bertz CT molecular complexity index is 524. The topological polar surface area (TPSA) is 42.7 Å². The van der Waals surface area contributed by atoms with Gasteiger partial charge in [0.25, 0.3) is 0 Å². The highest BCUT2D eigenvalue weighted by atomic mass is 79.9. The quantitative estimate of drug-likeness (QED) is 0.889. The molecular weight excluding hydrogens is 304 g/mol. The molecule has 0 saturated carbocycles. The summed E-state index contributed by atoms with van der Waals surface area (Å²) in [6.45, 7) is 6.08. The summed E-state index contributed by atoms with van der Waals surface area (Å²) in [6, 6.07) is 4.14. The molecule has 0 fully saturated rings. The maximum absolute atomic E-state index is 4.49. The summed E-state index contributed by atoms with van der Waals surface area (Å²) >= 11 is 3.58. The number of pyridine rings is 1. The zero-order valence-corrected chi connectivity index (χ0v) is 12.9. The maximum atomic E-state index is 4.49. The van der Waals surface area contributed by atoms with Crippen LogP contribution in [-0.4, -0.2) is 21.1 Å². The minimum atomic E-state index is 0.174. The number of aryl methyl sites for hydroxylation is 1. The fraction of sp³-hybridized carbons (Fsp3) is 0.429. The van der Waals surface area contributed by atoms with Crippen LogP contribution in [0.2, 0.25) is 0 Å². The van der Waals surface area contributed by atoms with Gasteiger partial charge in [-0.25, -0.2) is 4.98 Å². The molecule has 0 bridgehead atoms. The number of nitrogens with zero attached hydrogens (tertiary/aromatic N) is 3. The number of imidazole rings is 1. The van der Waals surface area contributed by atoms with Crippen molar-refractivity contribution in [2.24, 2.45) is 0 Å². The molecule has 0 radical (unpaired) electrons. The number of hydrogen-bond donors (Lipinski definition) is 1. The normalized spacial score (nSPS) is 12.6. The summed E-state index contributed by atoms with van der Waals surface area (Å²) in [4.78, 5) is 8.93. The first kappa shape index (κ1) is 14.2. The van der Waals surface area contributed by atoms with E-state index < -0.39 is 0 Å². The van der Waals surface area contributed by atoms with Crippen LogP contribution < -0.4 is 5.32 Å². The molecule has 1 atom stereocenters. The Morgan fingerprint density at radius 2 is 2.16 bits per heavy atom. The summed E-state index contributed by atoms with van der Waals surface area (Å²) in [5.74, 6) is 1.09. The van der Waals surface area contributed by atoms with Crippen LogP contribution in [0.25, 0.3) is 0 Å². The van der Waals surface area contributed by atoms with Crippen LogP contribution in [0.1, 0.15) is 31.4 Å². The van der Waals surface area contributed by atoms with E-state index in [2.05, 4.69) is 49.6 Å². The molecule has 0 aromatic carbocycles. The zero-order chi connectivity index (χ0) is 13.7. The zero-order valence-electron chi connectivity index (χ0n) is 11.3. The Kier molecular flexibility index (Phi) is 5.10. The van der Waals surface area contributed by atoms with Gasteiger partial charge < -0.3 is 9.88 Å². The molecule has 1 N–H and O–H groups in total. The molecule has 0 spiro atoms. The molecule has 0 saturated heterocycles. The maximum Gasteiger partial charge on any atom is 0.110 e. The van der Waals surface area contributed by atoms with Crippen molar-refractivity contribution in [1.82, 2.24) is 19.9 Å². The Morgan fingerprint density at radius 3 is 2.84 bits per heavy atom. The third kappa shape index (κ3) is 3.42. The minimum Gasteiger partial charge on any atom is -0.335 e. The second-order valence-corrected chi connectivity index (χ2v) is 5.17. The fourth-order valence-corrected chi connectivity index (χ4v) is 2.70. The van der Waals surface area contributed by atoms with Gasteiger partial charge in [-0.3, -0.25) is 4.98 Å². The Hall–Kier alpha value is -1.20. The number of aromatic nitrogens is 3. The Labute approximate surface area is 122 Å². The van der Waals surface area contributed by atoms with Gasteiger partial charge in [-0.2, -0.15) is 0 Å². The molecule has 1 unspecified atom stereocenters. The lowest BCUT2D eigenvalue weighted by atomic mass is 10.1. The van der Waals surface area contributed by atoms with Gasteiger partial charge in [0.15, 0.2) is 0 Å². The summed E-state index contributed by atoms with van der Waals surface area (Å²) < 4.78 is 3.21. The molecule has 0 amide bonds. The summed E-state index contributed by atoms with van der Waals surface area (Å²) in [5, 5.41) is 3.48. The predicted molar refractivity (Wildman–Crippen MR) is 80.0 cm³/mol. The minimum absolute atomic E-state index is 0.174. The van der Waals surface area contributed by atoms with Gasteiger partial charge in [-0.1, -0.05) is 6.92 Å². The first-order valence-electron chi connectivity index (χ1n) is 6.60. The molecule has 2 heterocycles. The smallest absolute Gasteiger partial charge is 0.110 e. The van der Waals surface area contributed by atoms with Crippen molar-refractivity contribution in [2.45, 2.75) is 32.9 Å². The van der Waals surface area contributed by atoms with Crippen molar-refractivity contribution in [3.8, 4) is 0 Å². The molecular formula is C14H19BrN4. The first-order chi connectivity index (χ1) is 9.26. The number of nitrogens with one attached hydrogen (secondary N) is 1. The van der Waals surface area contributed by atoms with E-state index in [1.165, 1.54) is 0 Å². The summed E-state index contributed by atoms with van der Waals surface area (Å²) in [6.07, 6.45) is 6.54. The van der Waals surface area contributed by atoms with Gasteiger partial charge in [-0.05, 0) is 41.5 Å². The van der Waals surface area contributed by atoms with Crippen LogP contribution in [-0.2, 0) is 13.0 Å². The highest BCUT2D eigenvalue weighted by molar-refractivity contribution is 9.10. The van der Waals surface area contributed by atoms with E-state index in [0.717, 1.165) is 35.5 Å². The molecule has 102 valence electrons. The highest BCUT2D eigenvalue weighted by Crippen LogP contribution is 2.23. The van der Waals surface area contributed by atoms with E-state index in [0.29, 0.717) is 0 Å². The third-order valence-electron chi connectivity index (χ3n) is 3.10. The Balaban J connectivity index is 2.24. The molecule has 5 heteroatoms. The molecule has 2 aromatic rings. The van der Waals surface area contributed by atoms with Crippen molar-refractivity contribution in [2.75, 3.05) is 6.54 Å². The monoisotopic (exact) mass is 322 g/mol. The van der Waals surface area contributed by atoms with Crippen LogP contribution in [0.5, 0.6) is 0 Å². The number of hydrogen-bond acceptors (Lipinski definition) is 3. The molecule has 0 aliphatic heterocycles.